The Hall–Kier alpha value is -2.47. The molecule has 1 fully saturated rings. The highest BCUT2D eigenvalue weighted by molar-refractivity contribution is 6.05. The van der Waals surface area contributed by atoms with Gasteiger partial charge in [-0.05, 0) is 57.6 Å². The number of primary amides is 1. The number of para-hydroxylation sites is 1. The SMILES string of the molecule is CC(C)OCC(=O)NCC1CCC(c2cc(C(N)=O)c3ccccc3n2)CC1. The third kappa shape index (κ3) is 5.07. The molecule has 1 heterocycles. The topological polar surface area (TPSA) is 94.3 Å². The van der Waals surface area contributed by atoms with Crippen LogP contribution >= 0.6 is 0 Å². The van der Waals surface area contributed by atoms with E-state index in [4.69, 9.17) is 15.5 Å². The van der Waals surface area contributed by atoms with Gasteiger partial charge in [0.25, 0.3) is 0 Å². The molecule has 2 amide bonds. The van der Waals surface area contributed by atoms with Gasteiger partial charge in [-0.1, -0.05) is 18.2 Å². The molecule has 28 heavy (non-hydrogen) atoms. The van der Waals surface area contributed by atoms with Crippen molar-refractivity contribution in [1.29, 1.82) is 0 Å². The summed E-state index contributed by atoms with van der Waals surface area (Å²) < 4.78 is 5.33. The van der Waals surface area contributed by atoms with Crippen LogP contribution in [-0.4, -0.2) is 36.1 Å². The molecule has 0 spiro atoms. The van der Waals surface area contributed by atoms with Crippen LogP contribution in [0.4, 0.5) is 0 Å². The first kappa shape index (κ1) is 20.3. The quantitative estimate of drug-likeness (QED) is 0.768. The maximum absolute atomic E-state index is 11.9. The number of carbonyl (C=O) groups excluding carboxylic acids is 2. The molecule has 6 nitrogen and oxygen atoms in total. The number of hydrogen-bond donors (Lipinski definition) is 2. The second-order valence-electron chi connectivity index (χ2n) is 7.86. The molecule has 1 aromatic heterocycles. The molecule has 150 valence electrons. The Kier molecular flexibility index (Phi) is 6.62. The smallest absolute Gasteiger partial charge is 0.249 e. The minimum absolute atomic E-state index is 0.0564. The van der Waals surface area contributed by atoms with Crippen molar-refractivity contribution in [2.45, 2.75) is 51.6 Å². The predicted molar refractivity (Wildman–Crippen MR) is 109 cm³/mol. The molecule has 1 aliphatic rings. The first-order valence-electron chi connectivity index (χ1n) is 10.0. The predicted octanol–water partition coefficient (Wildman–Crippen LogP) is 3.15. The second-order valence-corrected chi connectivity index (χ2v) is 7.86. The average Bonchev–Trinajstić information content (AvgIpc) is 2.70. The van der Waals surface area contributed by atoms with Crippen LogP contribution in [0.3, 0.4) is 0 Å². The van der Waals surface area contributed by atoms with Crippen LogP contribution in [0.5, 0.6) is 0 Å². The number of carbonyl (C=O) groups is 2. The maximum Gasteiger partial charge on any atom is 0.249 e. The van der Waals surface area contributed by atoms with Crippen molar-refractivity contribution in [1.82, 2.24) is 10.3 Å². The van der Waals surface area contributed by atoms with Gasteiger partial charge < -0.3 is 15.8 Å². The lowest BCUT2D eigenvalue weighted by Gasteiger charge is -2.28. The number of nitrogens with zero attached hydrogens (tertiary/aromatic N) is 1. The zero-order valence-corrected chi connectivity index (χ0v) is 16.6. The zero-order chi connectivity index (χ0) is 20.1. The minimum atomic E-state index is -0.417. The lowest BCUT2D eigenvalue weighted by atomic mass is 9.80. The van der Waals surface area contributed by atoms with Gasteiger partial charge in [0.05, 0.1) is 17.2 Å². The Morgan fingerprint density at radius 3 is 2.61 bits per heavy atom. The summed E-state index contributed by atoms with van der Waals surface area (Å²) in [5.41, 5.74) is 7.89. The van der Waals surface area contributed by atoms with E-state index in [-0.39, 0.29) is 18.6 Å². The summed E-state index contributed by atoms with van der Waals surface area (Å²) in [5, 5.41) is 3.77. The van der Waals surface area contributed by atoms with Gasteiger partial charge in [-0.25, -0.2) is 0 Å². The Balaban J connectivity index is 1.59. The van der Waals surface area contributed by atoms with E-state index in [0.717, 1.165) is 42.3 Å². The normalized spacial score (nSPS) is 19.7. The fourth-order valence-electron chi connectivity index (χ4n) is 3.82. The van der Waals surface area contributed by atoms with Crippen molar-refractivity contribution < 1.29 is 14.3 Å². The summed E-state index contributed by atoms with van der Waals surface area (Å²) in [6.07, 6.45) is 4.09. The zero-order valence-electron chi connectivity index (χ0n) is 16.6. The molecule has 0 aliphatic heterocycles. The highest BCUT2D eigenvalue weighted by Crippen LogP contribution is 2.36. The average molecular weight is 383 g/mol. The molecule has 0 radical (unpaired) electrons. The number of benzene rings is 1. The van der Waals surface area contributed by atoms with Crippen LogP contribution in [0.25, 0.3) is 10.9 Å². The van der Waals surface area contributed by atoms with Gasteiger partial charge in [-0.15, -0.1) is 0 Å². The summed E-state index contributed by atoms with van der Waals surface area (Å²) in [7, 11) is 0. The lowest BCUT2D eigenvalue weighted by molar-refractivity contribution is -0.127. The molecule has 0 unspecified atom stereocenters. The van der Waals surface area contributed by atoms with Crippen molar-refractivity contribution in [3.05, 3.63) is 41.6 Å². The van der Waals surface area contributed by atoms with E-state index < -0.39 is 5.91 Å². The van der Waals surface area contributed by atoms with Crippen molar-refractivity contribution in [2.75, 3.05) is 13.2 Å². The summed E-state index contributed by atoms with van der Waals surface area (Å²) in [4.78, 5) is 28.5. The highest BCUT2D eigenvalue weighted by atomic mass is 16.5. The molecule has 6 heteroatoms. The fraction of sp³-hybridized carbons (Fsp3) is 0.500. The largest absolute Gasteiger partial charge is 0.369 e. The van der Waals surface area contributed by atoms with Gasteiger partial charge in [0, 0.05) is 23.5 Å². The first-order chi connectivity index (χ1) is 13.4. The molecule has 0 bridgehead atoms. The number of nitrogens with one attached hydrogen (secondary N) is 1. The van der Waals surface area contributed by atoms with Gasteiger partial charge in [0.2, 0.25) is 11.8 Å². The molecule has 0 atom stereocenters. The van der Waals surface area contributed by atoms with Crippen LogP contribution in [0.15, 0.2) is 30.3 Å². The van der Waals surface area contributed by atoms with Gasteiger partial charge >= 0.3 is 0 Å². The Morgan fingerprint density at radius 2 is 1.93 bits per heavy atom. The number of pyridine rings is 1. The van der Waals surface area contributed by atoms with Crippen LogP contribution in [0.2, 0.25) is 0 Å². The van der Waals surface area contributed by atoms with Crippen molar-refractivity contribution in [3.8, 4) is 0 Å². The fourth-order valence-corrected chi connectivity index (χ4v) is 3.82. The molecular formula is C22H29N3O3. The summed E-state index contributed by atoms with van der Waals surface area (Å²) >= 11 is 0. The number of nitrogens with two attached hydrogens (primary N) is 1. The minimum Gasteiger partial charge on any atom is -0.369 e. The van der Waals surface area contributed by atoms with Crippen LogP contribution in [-0.2, 0) is 9.53 Å². The third-order valence-electron chi connectivity index (χ3n) is 5.40. The van der Waals surface area contributed by atoms with Gasteiger partial charge in [0.15, 0.2) is 0 Å². The van der Waals surface area contributed by atoms with Crippen LogP contribution in [0, 0.1) is 5.92 Å². The van der Waals surface area contributed by atoms with Gasteiger partial charge in [-0.3, -0.25) is 14.6 Å². The standard InChI is InChI=1S/C22H29N3O3/c1-14(2)28-13-21(26)24-12-15-7-9-16(10-8-15)20-11-18(22(23)27)17-5-3-4-6-19(17)25-20/h3-6,11,14-16H,7-10,12-13H2,1-2H3,(H2,23,27)(H,24,26). The van der Waals surface area contributed by atoms with E-state index in [2.05, 4.69) is 5.32 Å². The number of ether oxygens (including phenoxy) is 1. The summed E-state index contributed by atoms with van der Waals surface area (Å²) in [6, 6.07) is 9.48. The van der Waals surface area contributed by atoms with E-state index in [1.165, 1.54) is 0 Å². The number of aromatic nitrogens is 1. The summed E-state index contributed by atoms with van der Waals surface area (Å²) in [6.45, 7) is 4.63. The molecular weight excluding hydrogens is 354 g/mol. The first-order valence-corrected chi connectivity index (χ1v) is 10.0. The molecule has 3 N–H and O–H groups in total. The van der Waals surface area contributed by atoms with Gasteiger partial charge in [-0.2, -0.15) is 0 Å². The number of rotatable bonds is 7. The van der Waals surface area contributed by atoms with E-state index in [9.17, 15) is 9.59 Å². The van der Waals surface area contributed by atoms with E-state index in [0.29, 0.717) is 23.9 Å². The van der Waals surface area contributed by atoms with Crippen molar-refractivity contribution >= 4 is 22.7 Å². The van der Waals surface area contributed by atoms with E-state index >= 15 is 0 Å². The van der Waals surface area contributed by atoms with Crippen LogP contribution in [0.1, 0.15) is 61.5 Å². The molecule has 1 saturated carbocycles. The monoisotopic (exact) mass is 383 g/mol. The Morgan fingerprint density at radius 1 is 1.21 bits per heavy atom. The van der Waals surface area contributed by atoms with E-state index in [1.807, 2.05) is 44.2 Å². The number of fused-ring (bicyclic) bond motifs is 1. The maximum atomic E-state index is 11.9. The molecule has 0 saturated heterocycles. The molecule has 1 aromatic carbocycles. The van der Waals surface area contributed by atoms with Crippen LogP contribution < -0.4 is 11.1 Å². The van der Waals surface area contributed by atoms with Gasteiger partial charge in [0.1, 0.15) is 6.61 Å². The van der Waals surface area contributed by atoms with E-state index in [1.54, 1.807) is 0 Å². The number of hydrogen-bond acceptors (Lipinski definition) is 4. The third-order valence-corrected chi connectivity index (χ3v) is 5.40. The van der Waals surface area contributed by atoms with Crippen molar-refractivity contribution in [3.63, 3.8) is 0 Å². The Bertz CT molecular complexity index is 842. The molecule has 3 rings (SSSR count). The molecule has 1 aliphatic carbocycles. The summed E-state index contributed by atoms with van der Waals surface area (Å²) in [5.74, 6) is 0.312. The second kappa shape index (κ2) is 9.15. The lowest BCUT2D eigenvalue weighted by Crippen LogP contribution is -2.34. The van der Waals surface area contributed by atoms with Crippen molar-refractivity contribution in [2.24, 2.45) is 11.7 Å². The molecule has 2 aromatic rings. The highest BCUT2D eigenvalue weighted by Gasteiger charge is 2.25. The number of amides is 2. The Labute approximate surface area is 165 Å².